The zero-order valence-electron chi connectivity index (χ0n) is 13.5. The molecule has 25 heavy (non-hydrogen) atoms. The summed E-state index contributed by atoms with van der Waals surface area (Å²) < 4.78 is 14.3. The molecule has 2 aromatic carbocycles. The van der Waals surface area contributed by atoms with Crippen LogP contribution in [0.25, 0.3) is 0 Å². The largest absolute Gasteiger partial charge is 0.507 e. The summed E-state index contributed by atoms with van der Waals surface area (Å²) in [5.74, 6) is -1.18. The molecular weight excluding hydrogens is 345 g/mol. The Hall–Kier alpha value is -2.31. The summed E-state index contributed by atoms with van der Waals surface area (Å²) in [6, 6.07) is 8.88. The molecule has 1 heterocycles. The Morgan fingerprint density at radius 1 is 1.20 bits per heavy atom. The van der Waals surface area contributed by atoms with Crippen LogP contribution in [0.15, 0.2) is 36.4 Å². The topological polar surface area (TPSA) is 73.4 Å². The van der Waals surface area contributed by atoms with Gasteiger partial charge in [-0.15, -0.1) is 0 Å². The first-order chi connectivity index (χ1) is 12.0. The van der Waals surface area contributed by atoms with E-state index in [0.29, 0.717) is 16.4 Å². The van der Waals surface area contributed by atoms with Crippen molar-refractivity contribution >= 4 is 28.9 Å². The van der Waals surface area contributed by atoms with Crippen LogP contribution in [-0.2, 0) is 0 Å². The van der Waals surface area contributed by atoms with Crippen LogP contribution >= 0.6 is 11.6 Å². The van der Waals surface area contributed by atoms with Gasteiger partial charge in [-0.3, -0.25) is 4.79 Å². The van der Waals surface area contributed by atoms with Crippen LogP contribution < -0.4 is 16.0 Å². The molecule has 0 unspecified atom stereocenters. The van der Waals surface area contributed by atoms with E-state index in [-0.39, 0.29) is 17.4 Å². The number of aromatic hydroxyl groups is 1. The minimum Gasteiger partial charge on any atom is -0.507 e. The van der Waals surface area contributed by atoms with Gasteiger partial charge in [-0.05, 0) is 62.3 Å². The van der Waals surface area contributed by atoms with Gasteiger partial charge >= 0.3 is 0 Å². The lowest BCUT2D eigenvalue weighted by molar-refractivity contribution is 0.102. The van der Waals surface area contributed by atoms with Crippen molar-refractivity contribution in [3.8, 4) is 5.75 Å². The quantitative estimate of drug-likeness (QED) is 0.669. The smallest absolute Gasteiger partial charge is 0.259 e. The molecule has 0 saturated carbocycles. The first kappa shape index (κ1) is 17.5. The molecule has 0 aliphatic carbocycles. The molecule has 0 radical (unpaired) electrons. The Balaban J connectivity index is 1.70. The molecule has 1 aliphatic rings. The highest BCUT2D eigenvalue weighted by molar-refractivity contribution is 6.31. The SMILES string of the molecule is O=C(Nc1ccc(NC2CCNCC2)c(F)c1)c1cc(Cl)ccc1O. The second-order valence-corrected chi connectivity index (χ2v) is 6.42. The summed E-state index contributed by atoms with van der Waals surface area (Å²) >= 11 is 5.84. The predicted molar refractivity (Wildman–Crippen MR) is 97.0 cm³/mol. The third kappa shape index (κ3) is 4.41. The molecule has 1 aliphatic heterocycles. The van der Waals surface area contributed by atoms with Crippen molar-refractivity contribution in [1.29, 1.82) is 0 Å². The Bertz CT molecular complexity index is 779. The molecule has 0 aromatic heterocycles. The van der Waals surface area contributed by atoms with Gasteiger partial charge in [0.2, 0.25) is 0 Å². The van der Waals surface area contributed by atoms with E-state index in [1.54, 1.807) is 12.1 Å². The maximum Gasteiger partial charge on any atom is 0.259 e. The zero-order chi connectivity index (χ0) is 17.8. The highest BCUT2D eigenvalue weighted by atomic mass is 35.5. The number of halogens is 2. The van der Waals surface area contributed by atoms with E-state index < -0.39 is 11.7 Å². The number of hydrogen-bond donors (Lipinski definition) is 4. The first-order valence-corrected chi connectivity index (χ1v) is 8.47. The summed E-state index contributed by atoms with van der Waals surface area (Å²) in [4.78, 5) is 12.2. The lowest BCUT2D eigenvalue weighted by Crippen LogP contribution is -2.35. The van der Waals surface area contributed by atoms with Crippen LogP contribution in [0, 0.1) is 5.82 Å². The minimum atomic E-state index is -0.557. The molecule has 0 spiro atoms. The van der Waals surface area contributed by atoms with Gasteiger partial charge in [0, 0.05) is 16.8 Å². The Morgan fingerprint density at radius 3 is 2.68 bits per heavy atom. The van der Waals surface area contributed by atoms with Crippen molar-refractivity contribution in [2.75, 3.05) is 23.7 Å². The monoisotopic (exact) mass is 363 g/mol. The molecule has 2 aromatic rings. The van der Waals surface area contributed by atoms with Crippen LogP contribution in [0.1, 0.15) is 23.2 Å². The summed E-state index contributed by atoms with van der Waals surface area (Å²) in [7, 11) is 0. The number of phenolic OH excluding ortho intramolecular Hbond substituents is 1. The number of anilines is 2. The number of benzene rings is 2. The van der Waals surface area contributed by atoms with Crippen LogP contribution in [0.4, 0.5) is 15.8 Å². The number of phenols is 1. The molecule has 4 N–H and O–H groups in total. The summed E-state index contributed by atoms with van der Waals surface area (Å²) in [6.45, 7) is 1.83. The summed E-state index contributed by atoms with van der Waals surface area (Å²) in [5.41, 5.74) is 0.748. The molecular formula is C18H19ClFN3O2. The minimum absolute atomic E-state index is 0.0322. The van der Waals surface area contributed by atoms with Gasteiger partial charge in [0.1, 0.15) is 11.6 Å². The van der Waals surface area contributed by atoms with Crippen molar-refractivity contribution in [3.63, 3.8) is 0 Å². The first-order valence-electron chi connectivity index (χ1n) is 8.09. The van der Waals surface area contributed by atoms with E-state index in [2.05, 4.69) is 16.0 Å². The fourth-order valence-corrected chi connectivity index (χ4v) is 2.96. The van der Waals surface area contributed by atoms with Gasteiger partial charge in [0.25, 0.3) is 5.91 Å². The van der Waals surface area contributed by atoms with E-state index in [1.165, 1.54) is 24.3 Å². The average molecular weight is 364 g/mol. The number of rotatable bonds is 4. The van der Waals surface area contributed by atoms with Gasteiger partial charge in [-0.25, -0.2) is 4.39 Å². The van der Waals surface area contributed by atoms with Crippen LogP contribution in [0.2, 0.25) is 5.02 Å². The number of nitrogens with one attached hydrogen (secondary N) is 3. The average Bonchev–Trinajstić information content (AvgIpc) is 2.60. The maximum absolute atomic E-state index is 14.3. The fourth-order valence-electron chi connectivity index (χ4n) is 2.78. The standard InChI is InChI=1S/C18H19ClFN3O2/c19-11-1-4-17(24)14(9-11)18(25)23-13-2-3-16(15(20)10-13)22-12-5-7-21-8-6-12/h1-4,9-10,12,21-22,24H,5-8H2,(H,23,25). The Labute approximate surface area is 150 Å². The summed E-state index contributed by atoms with van der Waals surface area (Å²) in [6.07, 6.45) is 1.87. The van der Waals surface area contributed by atoms with Crippen molar-refractivity contribution in [2.24, 2.45) is 0 Å². The fraction of sp³-hybridized carbons (Fsp3) is 0.278. The van der Waals surface area contributed by atoms with E-state index in [0.717, 1.165) is 25.9 Å². The van der Waals surface area contributed by atoms with Crippen LogP contribution in [0.5, 0.6) is 5.75 Å². The Kier molecular flexibility index (Phi) is 5.40. The number of hydrogen-bond acceptors (Lipinski definition) is 4. The van der Waals surface area contributed by atoms with E-state index in [4.69, 9.17) is 11.6 Å². The van der Waals surface area contributed by atoms with Crippen molar-refractivity contribution < 1.29 is 14.3 Å². The molecule has 1 amide bonds. The van der Waals surface area contributed by atoms with Crippen molar-refractivity contribution in [3.05, 3.63) is 52.8 Å². The number of carbonyl (C=O) groups is 1. The van der Waals surface area contributed by atoms with E-state index in [1.807, 2.05) is 0 Å². The normalized spacial score (nSPS) is 15.0. The summed E-state index contributed by atoms with van der Waals surface area (Å²) in [5, 5.41) is 19.1. The third-order valence-electron chi connectivity index (χ3n) is 4.13. The lowest BCUT2D eigenvalue weighted by atomic mass is 10.1. The zero-order valence-corrected chi connectivity index (χ0v) is 14.2. The van der Waals surface area contributed by atoms with Crippen LogP contribution in [0.3, 0.4) is 0 Å². The number of carbonyl (C=O) groups excluding carboxylic acids is 1. The second kappa shape index (κ2) is 7.72. The number of piperidine rings is 1. The second-order valence-electron chi connectivity index (χ2n) is 5.98. The van der Waals surface area contributed by atoms with E-state index in [9.17, 15) is 14.3 Å². The molecule has 5 nitrogen and oxygen atoms in total. The molecule has 3 rings (SSSR count). The van der Waals surface area contributed by atoms with Crippen LogP contribution in [-0.4, -0.2) is 30.1 Å². The van der Waals surface area contributed by atoms with Gasteiger partial charge in [0.05, 0.1) is 11.3 Å². The lowest BCUT2D eigenvalue weighted by Gasteiger charge is -2.25. The van der Waals surface area contributed by atoms with Gasteiger partial charge in [-0.1, -0.05) is 11.6 Å². The third-order valence-corrected chi connectivity index (χ3v) is 4.36. The molecule has 0 atom stereocenters. The molecule has 0 bridgehead atoms. The van der Waals surface area contributed by atoms with Gasteiger partial charge in [0.15, 0.2) is 0 Å². The van der Waals surface area contributed by atoms with Gasteiger partial charge < -0.3 is 21.1 Å². The predicted octanol–water partition coefficient (Wildman–Crippen LogP) is 3.60. The highest BCUT2D eigenvalue weighted by Crippen LogP contribution is 2.25. The van der Waals surface area contributed by atoms with Gasteiger partial charge in [-0.2, -0.15) is 0 Å². The molecule has 1 fully saturated rings. The van der Waals surface area contributed by atoms with Crippen molar-refractivity contribution in [2.45, 2.75) is 18.9 Å². The maximum atomic E-state index is 14.3. The number of amides is 1. The molecule has 1 saturated heterocycles. The highest BCUT2D eigenvalue weighted by Gasteiger charge is 2.16. The molecule has 132 valence electrons. The van der Waals surface area contributed by atoms with E-state index >= 15 is 0 Å². The van der Waals surface area contributed by atoms with Crippen molar-refractivity contribution in [1.82, 2.24) is 5.32 Å². The molecule has 7 heteroatoms. The Morgan fingerprint density at radius 2 is 1.96 bits per heavy atom.